The molecule has 0 saturated carbocycles. The molecular weight excluding hydrogens is 210 g/mol. The molecule has 1 aromatic heterocycles. The Bertz CT molecular complexity index is 399. The molecule has 1 fully saturated rings. The van der Waals surface area contributed by atoms with E-state index in [1.165, 1.54) is 31.6 Å². The molecule has 1 aromatic rings. The van der Waals surface area contributed by atoms with Crippen molar-refractivity contribution in [1.29, 1.82) is 0 Å². The third-order valence-electron chi connectivity index (χ3n) is 4.86. The van der Waals surface area contributed by atoms with Gasteiger partial charge < -0.3 is 15.2 Å². The number of fused-ring (bicyclic) bond motifs is 2. The van der Waals surface area contributed by atoms with E-state index in [0.29, 0.717) is 12.1 Å². The van der Waals surface area contributed by atoms with Crippen molar-refractivity contribution >= 4 is 0 Å². The van der Waals surface area contributed by atoms with Gasteiger partial charge in [-0.15, -0.1) is 0 Å². The summed E-state index contributed by atoms with van der Waals surface area (Å²) in [6.45, 7) is 7.96. The van der Waals surface area contributed by atoms with E-state index >= 15 is 0 Å². The largest absolute Gasteiger partial charge is 0.349 e. The van der Waals surface area contributed by atoms with Gasteiger partial charge in [-0.25, -0.2) is 0 Å². The molecule has 1 spiro atoms. The van der Waals surface area contributed by atoms with Gasteiger partial charge in [-0.2, -0.15) is 0 Å². The number of likely N-dealkylation sites (tertiary alicyclic amines) is 1. The molecule has 1 saturated heterocycles. The Hall–Kier alpha value is -0.800. The number of aromatic nitrogens is 1. The minimum atomic E-state index is 0.259. The SMILES string of the molecule is CC(C)N1CCC2(CC1)c1cccn1C[C@H]2N. The average molecular weight is 233 g/mol. The first-order chi connectivity index (χ1) is 8.13. The first-order valence-electron chi connectivity index (χ1n) is 6.79. The van der Waals surface area contributed by atoms with Gasteiger partial charge in [0.05, 0.1) is 0 Å². The second-order valence-electron chi connectivity index (χ2n) is 5.94. The number of nitrogens with two attached hydrogens (primary N) is 1. The fourth-order valence-electron chi connectivity index (χ4n) is 3.67. The highest BCUT2D eigenvalue weighted by Gasteiger charge is 2.47. The number of nitrogens with zero attached hydrogens (tertiary/aromatic N) is 2. The maximum absolute atomic E-state index is 6.42. The van der Waals surface area contributed by atoms with Crippen molar-refractivity contribution in [3.63, 3.8) is 0 Å². The Morgan fingerprint density at radius 3 is 2.71 bits per heavy atom. The monoisotopic (exact) mass is 233 g/mol. The van der Waals surface area contributed by atoms with Crippen molar-refractivity contribution in [2.24, 2.45) is 5.73 Å². The van der Waals surface area contributed by atoms with Gasteiger partial charge in [0.2, 0.25) is 0 Å². The van der Waals surface area contributed by atoms with Gasteiger partial charge in [0.1, 0.15) is 0 Å². The topological polar surface area (TPSA) is 34.2 Å². The average Bonchev–Trinajstić information content (AvgIpc) is 2.85. The van der Waals surface area contributed by atoms with Crippen LogP contribution in [0.15, 0.2) is 18.3 Å². The van der Waals surface area contributed by atoms with Crippen LogP contribution in [0.3, 0.4) is 0 Å². The van der Waals surface area contributed by atoms with E-state index in [2.05, 4.69) is 41.6 Å². The van der Waals surface area contributed by atoms with Crippen molar-refractivity contribution in [3.05, 3.63) is 24.0 Å². The molecule has 3 rings (SSSR count). The minimum Gasteiger partial charge on any atom is -0.349 e. The lowest BCUT2D eigenvalue weighted by Gasteiger charge is -2.43. The van der Waals surface area contributed by atoms with Crippen LogP contribution in [0.25, 0.3) is 0 Å². The van der Waals surface area contributed by atoms with E-state index < -0.39 is 0 Å². The molecule has 3 heteroatoms. The van der Waals surface area contributed by atoms with E-state index in [4.69, 9.17) is 5.73 Å². The first-order valence-corrected chi connectivity index (χ1v) is 6.79. The van der Waals surface area contributed by atoms with E-state index in [-0.39, 0.29) is 5.41 Å². The molecule has 2 N–H and O–H groups in total. The van der Waals surface area contributed by atoms with Gasteiger partial charge >= 0.3 is 0 Å². The summed E-state index contributed by atoms with van der Waals surface area (Å²) >= 11 is 0. The van der Waals surface area contributed by atoms with Gasteiger partial charge in [0, 0.05) is 35.9 Å². The summed E-state index contributed by atoms with van der Waals surface area (Å²) in [7, 11) is 0. The lowest BCUT2D eigenvalue weighted by Crippen LogP contribution is -2.51. The molecule has 0 unspecified atom stereocenters. The highest BCUT2D eigenvalue weighted by molar-refractivity contribution is 5.28. The quantitative estimate of drug-likeness (QED) is 0.799. The first kappa shape index (κ1) is 11.3. The lowest BCUT2D eigenvalue weighted by molar-refractivity contribution is 0.120. The molecule has 0 aromatic carbocycles. The van der Waals surface area contributed by atoms with E-state index in [9.17, 15) is 0 Å². The molecule has 0 amide bonds. The molecule has 3 nitrogen and oxygen atoms in total. The summed E-state index contributed by atoms with van der Waals surface area (Å²) in [6, 6.07) is 5.42. The fraction of sp³-hybridized carbons (Fsp3) is 0.714. The van der Waals surface area contributed by atoms with Crippen molar-refractivity contribution in [2.75, 3.05) is 13.1 Å². The summed E-state index contributed by atoms with van der Waals surface area (Å²) in [4.78, 5) is 2.57. The molecule has 2 aliphatic rings. The highest BCUT2D eigenvalue weighted by Crippen LogP contribution is 2.43. The molecule has 17 heavy (non-hydrogen) atoms. The molecule has 0 bridgehead atoms. The second-order valence-corrected chi connectivity index (χ2v) is 5.94. The summed E-state index contributed by atoms with van der Waals surface area (Å²) in [5.41, 5.74) is 8.16. The highest BCUT2D eigenvalue weighted by atomic mass is 15.2. The molecule has 0 radical (unpaired) electrons. The van der Waals surface area contributed by atoms with Gasteiger partial charge in [-0.3, -0.25) is 0 Å². The van der Waals surface area contributed by atoms with Crippen LogP contribution < -0.4 is 5.73 Å². The fourth-order valence-corrected chi connectivity index (χ4v) is 3.67. The Morgan fingerprint density at radius 1 is 1.35 bits per heavy atom. The van der Waals surface area contributed by atoms with Crippen LogP contribution in [0, 0.1) is 0 Å². The summed E-state index contributed by atoms with van der Waals surface area (Å²) < 4.78 is 2.36. The maximum Gasteiger partial charge on any atom is 0.0383 e. The Labute approximate surface area is 104 Å². The predicted octanol–water partition coefficient (Wildman–Crippen LogP) is 1.57. The van der Waals surface area contributed by atoms with Crippen LogP contribution in [-0.4, -0.2) is 34.6 Å². The van der Waals surface area contributed by atoms with Crippen molar-refractivity contribution in [2.45, 2.75) is 50.7 Å². The molecule has 2 aliphatic heterocycles. The van der Waals surface area contributed by atoms with Gasteiger partial charge in [-0.1, -0.05) is 0 Å². The van der Waals surface area contributed by atoms with Crippen LogP contribution >= 0.6 is 0 Å². The van der Waals surface area contributed by atoms with Crippen LogP contribution in [-0.2, 0) is 12.0 Å². The van der Waals surface area contributed by atoms with Gasteiger partial charge in [0.25, 0.3) is 0 Å². The van der Waals surface area contributed by atoms with Crippen LogP contribution in [0.2, 0.25) is 0 Å². The smallest absolute Gasteiger partial charge is 0.0383 e. The summed E-state index contributed by atoms with van der Waals surface area (Å²) in [6.07, 6.45) is 4.62. The zero-order chi connectivity index (χ0) is 12.0. The minimum absolute atomic E-state index is 0.259. The zero-order valence-corrected chi connectivity index (χ0v) is 10.9. The number of hydrogen-bond acceptors (Lipinski definition) is 2. The second kappa shape index (κ2) is 3.85. The normalized spacial score (nSPS) is 27.9. The van der Waals surface area contributed by atoms with Gasteiger partial charge in [-0.05, 0) is 51.9 Å². The van der Waals surface area contributed by atoms with E-state index in [1.807, 2.05) is 0 Å². The molecule has 3 heterocycles. The molecule has 94 valence electrons. The third kappa shape index (κ3) is 1.56. The zero-order valence-electron chi connectivity index (χ0n) is 10.9. The third-order valence-corrected chi connectivity index (χ3v) is 4.86. The lowest BCUT2D eigenvalue weighted by atomic mass is 9.72. The van der Waals surface area contributed by atoms with Crippen LogP contribution in [0.5, 0.6) is 0 Å². The summed E-state index contributed by atoms with van der Waals surface area (Å²) in [5, 5.41) is 0. The van der Waals surface area contributed by atoms with E-state index in [1.54, 1.807) is 0 Å². The Morgan fingerprint density at radius 2 is 2.06 bits per heavy atom. The standard InChI is InChI=1S/C14H23N3/c1-11(2)16-8-5-14(6-9-16)12(15)10-17-7-3-4-13(14)17/h3-4,7,11-12H,5-6,8-10,15H2,1-2H3/t12-/m1/s1. The Kier molecular flexibility index (Phi) is 2.56. The van der Waals surface area contributed by atoms with Crippen LogP contribution in [0.1, 0.15) is 32.4 Å². The number of rotatable bonds is 1. The van der Waals surface area contributed by atoms with Gasteiger partial charge in [0.15, 0.2) is 0 Å². The van der Waals surface area contributed by atoms with Crippen LogP contribution in [0.4, 0.5) is 0 Å². The van der Waals surface area contributed by atoms with Crippen molar-refractivity contribution < 1.29 is 0 Å². The maximum atomic E-state index is 6.42. The summed E-state index contributed by atoms with van der Waals surface area (Å²) in [5.74, 6) is 0. The van der Waals surface area contributed by atoms with E-state index in [0.717, 1.165) is 6.54 Å². The van der Waals surface area contributed by atoms with Crippen molar-refractivity contribution in [1.82, 2.24) is 9.47 Å². The Balaban J connectivity index is 1.85. The molecular formula is C14H23N3. The van der Waals surface area contributed by atoms with Crippen molar-refractivity contribution in [3.8, 4) is 0 Å². The molecule has 1 atom stereocenters. The molecule has 0 aliphatic carbocycles. The predicted molar refractivity (Wildman–Crippen MR) is 70.0 cm³/mol. The number of hydrogen-bond donors (Lipinski definition) is 1. The number of piperidine rings is 1.